The minimum absolute atomic E-state index is 0.0258. The van der Waals surface area contributed by atoms with Gasteiger partial charge in [0.2, 0.25) is 0 Å². The fraction of sp³-hybridized carbons (Fsp3) is 0.250. The molecule has 0 bridgehead atoms. The summed E-state index contributed by atoms with van der Waals surface area (Å²) in [6.07, 6.45) is 2.70. The molecule has 0 aliphatic carbocycles. The molecule has 0 fully saturated rings. The summed E-state index contributed by atoms with van der Waals surface area (Å²) in [4.78, 5) is 15.2. The number of aryl methyl sites for hydroxylation is 1. The summed E-state index contributed by atoms with van der Waals surface area (Å²) in [5, 5.41) is 1.09. The number of hydrogen-bond acceptors (Lipinski definition) is 4. The molecule has 7 heteroatoms. The van der Waals surface area contributed by atoms with Crippen molar-refractivity contribution < 1.29 is 27.8 Å². The number of carbonyl (C=O) groups excluding carboxylic acids is 1. The summed E-state index contributed by atoms with van der Waals surface area (Å²) in [5.41, 5.74) is 2.70. The first-order valence-electron chi connectivity index (χ1n) is 8.39. The van der Waals surface area contributed by atoms with E-state index in [2.05, 4.69) is 9.72 Å². The highest BCUT2D eigenvalue weighted by Crippen LogP contribution is 2.29. The largest absolute Gasteiger partial charge is 0.493 e. The van der Waals surface area contributed by atoms with E-state index in [1.165, 1.54) is 19.2 Å². The lowest BCUT2D eigenvalue weighted by Gasteiger charge is -2.11. The summed E-state index contributed by atoms with van der Waals surface area (Å²) >= 11 is 0. The van der Waals surface area contributed by atoms with Crippen LogP contribution in [0, 0.1) is 0 Å². The topological polar surface area (TPSA) is 60.5 Å². The number of ether oxygens (including phenoxy) is 3. The van der Waals surface area contributed by atoms with E-state index in [9.17, 15) is 13.6 Å². The highest BCUT2D eigenvalue weighted by atomic mass is 19.3. The zero-order chi connectivity index (χ0) is 19.2. The fourth-order valence-electron chi connectivity index (χ4n) is 2.81. The Morgan fingerprint density at radius 3 is 2.74 bits per heavy atom. The van der Waals surface area contributed by atoms with Gasteiger partial charge in [0, 0.05) is 23.5 Å². The second-order valence-corrected chi connectivity index (χ2v) is 5.88. The number of fused-ring (bicyclic) bond motifs is 1. The summed E-state index contributed by atoms with van der Waals surface area (Å²) < 4.78 is 39.3. The normalized spacial score (nSPS) is 11.0. The van der Waals surface area contributed by atoms with Gasteiger partial charge in [-0.3, -0.25) is 4.79 Å². The average molecular weight is 375 g/mol. The molecule has 27 heavy (non-hydrogen) atoms. The molecule has 1 aromatic heterocycles. The molecule has 3 aromatic rings. The van der Waals surface area contributed by atoms with E-state index < -0.39 is 6.61 Å². The number of methoxy groups -OCH3 is 1. The van der Waals surface area contributed by atoms with Gasteiger partial charge >= 0.3 is 12.6 Å². The Bertz CT molecular complexity index is 923. The predicted molar refractivity (Wildman–Crippen MR) is 96.0 cm³/mol. The molecule has 1 N–H and O–H groups in total. The predicted octanol–water partition coefficient (Wildman–Crippen LogP) is 4.45. The number of para-hydroxylation sites is 1. The molecule has 1 heterocycles. The van der Waals surface area contributed by atoms with Crippen molar-refractivity contribution in [3.63, 3.8) is 0 Å². The number of alkyl halides is 2. The SMILES string of the molecule is COc1cc(COC(=O)CCc2c[nH]c3ccccc23)ccc1OC(F)F. The molecule has 0 saturated carbocycles. The first-order valence-corrected chi connectivity index (χ1v) is 8.39. The Labute approximate surface area is 154 Å². The van der Waals surface area contributed by atoms with Crippen LogP contribution in [0.25, 0.3) is 10.9 Å². The number of halogens is 2. The lowest BCUT2D eigenvalue weighted by Crippen LogP contribution is -2.07. The first kappa shape index (κ1) is 18.7. The number of aromatic amines is 1. The van der Waals surface area contributed by atoms with Gasteiger partial charge in [-0.25, -0.2) is 0 Å². The van der Waals surface area contributed by atoms with Crippen molar-refractivity contribution >= 4 is 16.9 Å². The number of hydrogen-bond donors (Lipinski definition) is 1. The summed E-state index contributed by atoms with van der Waals surface area (Å²) in [5.74, 6) is -0.253. The van der Waals surface area contributed by atoms with Crippen molar-refractivity contribution in [3.8, 4) is 11.5 Å². The third-order valence-electron chi connectivity index (χ3n) is 4.12. The highest BCUT2D eigenvalue weighted by Gasteiger charge is 2.12. The van der Waals surface area contributed by atoms with E-state index in [0.717, 1.165) is 16.5 Å². The maximum absolute atomic E-state index is 12.3. The number of nitrogens with one attached hydrogen (secondary N) is 1. The van der Waals surface area contributed by atoms with Crippen molar-refractivity contribution in [2.45, 2.75) is 26.1 Å². The average Bonchev–Trinajstić information content (AvgIpc) is 3.08. The van der Waals surface area contributed by atoms with Gasteiger partial charge in [-0.2, -0.15) is 8.78 Å². The molecule has 0 amide bonds. The second kappa shape index (κ2) is 8.53. The molecule has 0 aliphatic rings. The summed E-state index contributed by atoms with van der Waals surface area (Å²) in [6.45, 7) is -2.91. The van der Waals surface area contributed by atoms with E-state index in [4.69, 9.17) is 9.47 Å². The number of esters is 1. The van der Waals surface area contributed by atoms with Crippen LogP contribution in [0.3, 0.4) is 0 Å². The van der Waals surface area contributed by atoms with Gasteiger partial charge in [-0.1, -0.05) is 24.3 Å². The third kappa shape index (κ3) is 4.75. The van der Waals surface area contributed by atoms with E-state index in [1.54, 1.807) is 6.07 Å². The van der Waals surface area contributed by atoms with Gasteiger partial charge in [-0.05, 0) is 35.7 Å². The van der Waals surface area contributed by atoms with Crippen LogP contribution in [0.15, 0.2) is 48.7 Å². The maximum Gasteiger partial charge on any atom is 0.387 e. The van der Waals surface area contributed by atoms with Gasteiger partial charge in [0.25, 0.3) is 0 Å². The molecule has 0 atom stereocenters. The Kier molecular flexibility index (Phi) is 5.90. The highest BCUT2D eigenvalue weighted by molar-refractivity contribution is 5.83. The zero-order valence-corrected chi connectivity index (χ0v) is 14.7. The van der Waals surface area contributed by atoms with Crippen LogP contribution in [-0.2, 0) is 22.6 Å². The standard InChI is InChI=1S/C20H19F2NO4/c1-25-18-10-13(6-8-17(18)27-20(21)22)12-26-19(24)9-7-14-11-23-16-5-3-2-4-15(14)16/h2-6,8,10-11,20,23H,7,9,12H2,1H3. The monoisotopic (exact) mass is 375 g/mol. The van der Waals surface area contributed by atoms with Crippen LogP contribution in [0.2, 0.25) is 0 Å². The van der Waals surface area contributed by atoms with Crippen molar-refractivity contribution in [1.29, 1.82) is 0 Å². The molecular formula is C20H19F2NO4. The molecule has 0 saturated heterocycles. The third-order valence-corrected chi connectivity index (χ3v) is 4.12. The van der Waals surface area contributed by atoms with Crippen LogP contribution in [0.1, 0.15) is 17.5 Å². The van der Waals surface area contributed by atoms with Crippen molar-refractivity contribution in [2.24, 2.45) is 0 Å². The van der Waals surface area contributed by atoms with Crippen LogP contribution in [0.4, 0.5) is 8.78 Å². The van der Waals surface area contributed by atoms with Crippen LogP contribution in [0.5, 0.6) is 11.5 Å². The lowest BCUT2D eigenvalue weighted by atomic mass is 10.1. The van der Waals surface area contributed by atoms with Gasteiger partial charge in [-0.15, -0.1) is 0 Å². The quantitative estimate of drug-likeness (QED) is 0.591. The summed E-state index contributed by atoms with van der Waals surface area (Å²) in [6, 6.07) is 12.3. The minimum Gasteiger partial charge on any atom is -0.493 e. The van der Waals surface area contributed by atoms with Crippen molar-refractivity contribution in [1.82, 2.24) is 4.98 Å². The Hall–Kier alpha value is -3.09. The smallest absolute Gasteiger partial charge is 0.387 e. The number of rotatable bonds is 8. The molecule has 0 radical (unpaired) electrons. The molecule has 3 rings (SSSR count). The molecular weight excluding hydrogens is 356 g/mol. The minimum atomic E-state index is -2.94. The summed E-state index contributed by atoms with van der Waals surface area (Å²) in [7, 11) is 1.35. The second-order valence-electron chi connectivity index (χ2n) is 5.88. The van der Waals surface area contributed by atoms with Crippen LogP contribution in [-0.4, -0.2) is 24.7 Å². The van der Waals surface area contributed by atoms with Gasteiger partial charge in [0.1, 0.15) is 6.61 Å². The van der Waals surface area contributed by atoms with E-state index >= 15 is 0 Å². The van der Waals surface area contributed by atoms with Gasteiger partial charge < -0.3 is 19.2 Å². The zero-order valence-electron chi connectivity index (χ0n) is 14.7. The number of benzene rings is 2. The Balaban J connectivity index is 1.54. The number of carbonyl (C=O) groups is 1. The molecule has 0 spiro atoms. The van der Waals surface area contributed by atoms with Crippen molar-refractivity contribution in [2.75, 3.05) is 7.11 Å². The Morgan fingerprint density at radius 2 is 1.96 bits per heavy atom. The maximum atomic E-state index is 12.3. The molecule has 5 nitrogen and oxygen atoms in total. The van der Waals surface area contributed by atoms with Gasteiger partial charge in [0.05, 0.1) is 7.11 Å². The van der Waals surface area contributed by atoms with E-state index in [0.29, 0.717) is 12.0 Å². The number of H-pyrrole nitrogens is 1. The number of aromatic nitrogens is 1. The van der Waals surface area contributed by atoms with E-state index in [-0.39, 0.29) is 30.5 Å². The lowest BCUT2D eigenvalue weighted by molar-refractivity contribution is -0.144. The van der Waals surface area contributed by atoms with Crippen molar-refractivity contribution in [3.05, 3.63) is 59.8 Å². The molecule has 0 unspecified atom stereocenters. The van der Waals surface area contributed by atoms with E-state index in [1.807, 2.05) is 30.5 Å². The first-order chi connectivity index (χ1) is 13.1. The molecule has 2 aromatic carbocycles. The molecule has 0 aliphatic heterocycles. The van der Waals surface area contributed by atoms with Gasteiger partial charge in [0.15, 0.2) is 11.5 Å². The fourth-order valence-corrected chi connectivity index (χ4v) is 2.81. The Morgan fingerprint density at radius 1 is 1.15 bits per heavy atom. The molecule has 142 valence electrons. The van der Waals surface area contributed by atoms with Crippen LogP contribution < -0.4 is 9.47 Å². The van der Waals surface area contributed by atoms with Crippen LogP contribution >= 0.6 is 0 Å².